The lowest BCUT2D eigenvalue weighted by molar-refractivity contribution is 0.111. The third-order valence-corrected chi connectivity index (χ3v) is 3.29. The van der Waals surface area contributed by atoms with Gasteiger partial charge in [0.15, 0.2) is 6.29 Å². The third-order valence-electron chi connectivity index (χ3n) is 3.29. The molecule has 1 saturated heterocycles. The van der Waals surface area contributed by atoms with Crippen LogP contribution in [0.3, 0.4) is 0 Å². The minimum Gasteiger partial charge on any atom is -0.341 e. The van der Waals surface area contributed by atoms with Gasteiger partial charge < -0.3 is 4.90 Å². The molecule has 2 heterocycles. The van der Waals surface area contributed by atoms with Gasteiger partial charge in [0.1, 0.15) is 0 Å². The predicted octanol–water partition coefficient (Wildman–Crippen LogP) is 1.10. The second-order valence-corrected chi connectivity index (χ2v) is 4.71. The molecule has 0 spiro atoms. The number of rotatable bonds is 4. The molecular formula is C11H16N4O. The first-order chi connectivity index (χ1) is 7.86. The van der Waals surface area contributed by atoms with Gasteiger partial charge in [-0.3, -0.25) is 4.79 Å². The minimum atomic E-state index is 0.322. The summed E-state index contributed by atoms with van der Waals surface area (Å²) in [5.41, 5.74) is 0. The molecule has 0 radical (unpaired) electrons. The Morgan fingerprint density at radius 3 is 2.69 bits per heavy atom. The van der Waals surface area contributed by atoms with Gasteiger partial charge in [0.2, 0.25) is 11.8 Å². The first-order valence-electron chi connectivity index (χ1n) is 6.02. The number of hydrogen-bond acceptors (Lipinski definition) is 4. The fourth-order valence-corrected chi connectivity index (χ4v) is 2.22. The summed E-state index contributed by atoms with van der Waals surface area (Å²) in [6, 6.07) is 0. The molecule has 1 aliphatic carbocycles. The van der Waals surface area contributed by atoms with Gasteiger partial charge in [0.25, 0.3) is 0 Å². The van der Waals surface area contributed by atoms with Crippen LogP contribution in [0.5, 0.6) is 0 Å². The highest BCUT2D eigenvalue weighted by atomic mass is 16.1. The van der Waals surface area contributed by atoms with E-state index in [1.165, 1.54) is 25.7 Å². The maximum Gasteiger partial charge on any atom is 0.224 e. The first kappa shape index (κ1) is 9.81. The SMILES string of the molecule is O=Cc1nc(N2CCCC2)n(CC2CC2)n1. The van der Waals surface area contributed by atoms with Crippen molar-refractivity contribution in [1.82, 2.24) is 14.8 Å². The molecule has 86 valence electrons. The Balaban J connectivity index is 1.86. The van der Waals surface area contributed by atoms with Gasteiger partial charge in [-0.15, -0.1) is 5.10 Å². The van der Waals surface area contributed by atoms with Crippen LogP contribution in [-0.2, 0) is 6.54 Å². The first-order valence-corrected chi connectivity index (χ1v) is 6.02. The van der Waals surface area contributed by atoms with Crippen molar-refractivity contribution in [3.8, 4) is 0 Å². The van der Waals surface area contributed by atoms with Gasteiger partial charge in [-0.05, 0) is 31.6 Å². The van der Waals surface area contributed by atoms with Gasteiger partial charge in [0, 0.05) is 19.6 Å². The average Bonchev–Trinajstić information content (AvgIpc) is 2.82. The Hall–Kier alpha value is -1.39. The number of aldehydes is 1. The molecule has 0 bridgehead atoms. The van der Waals surface area contributed by atoms with Crippen molar-refractivity contribution in [2.24, 2.45) is 5.92 Å². The van der Waals surface area contributed by atoms with Crippen molar-refractivity contribution in [1.29, 1.82) is 0 Å². The van der Waals surface area contributed by atoms with Crippen LogP contribution in [0.1, 0.15) is 36.3 Å². The van der Waals surface area contributed by atoms with E-state index in [1.54, 1.807) is 0 Å². The lowest BCUT2D eigenvalue weighted by Gasteiger charge is -2.16. The maximum absolute atomic E-state index is 10.7. The zero-order valence-electron chi connectivity index (χ0n) is 9.30. The smallest absolute Gasteiger partial charge is 0.224 e. The van der Waals surface area contributed by atoms with Crippen molar-refractivity contribution < 1.29 is 4.79 Å². The summed E-state index contributed by atoms with van der Waals surface area (Å²) >= 11 is 0. The maximum atomic E-state index is 10.7. The van der Waals surface area contributed by atoms with Crippen molar-refractivity contribution in [2.75, 3.05) is 18.0 Å². The van der Waals surface area contributed by atoms with E-state index in [0.717, 1.165) is 37.8 Å². The highest BCUT2D eigenvalue weighted by Gasteiger charge is 2.26. The van der Waals surface area contributed by atoms with Gasteiger partial charge in [-0.2, -0.15) is 4.98 Å². The molecule has 2 fully saturated rings. The number of hydrogen-bond donors (Lipinski definition) is 0. The molecule has 0 atom stereocenters. The van der Waals surface area contributed by atoms with E-state index in [2.05, 4.69) is 15.0 Å². The second-order valence-electron chi connectivity index (χ2n) is 4.71. The molecular weight excluding hydrogens is 204 g/mol. The van der Waals surface area contributed by atoms with E-state index in [1.807, 2.05) is 4.68 Å². The molecule has 0 amide bonds. The molecule has 0 N–H and O–H groups in total. The zero-order valence-corrected chi connectivity index (χ0v) is 9.30. The number of carbonyl (C=O) groups excluding carboxylic acids is 1. The largest absolute Gasteiger partial charge is 0.341 e. The van der Waals surface area contributed by atoms with Crippen molar-refractivity contribution in [2.45, 2.75) is 32.2 Å². The standard InChI is InChI=1S/C11H16N4O/c16-8-10-12-11(14-5-1-2-6-14)15(13-10)7-9-3-4-9/h8-9H,1-7H2. The van der Waals surface area contributed by atoms with Crippen molar-refractivity contribution in [3.63, 3.8) is 0 Å². The lowest BCUT2D eigenvalue weighted by atomic mass is 10.4. The number of carbonyl (C=O) groups is 1. The van der Waals surface area contributed by atoms with E-state index in [4.69, 9.17) is 0 Å². The Kier molecular flexibility index (Phi) is 2.38. The third kappa shape index (κ3) is 1.81. The molecule has 2 aliphatic rings. The zero-order chi connectivity index (χ0) is 11.0. The molecule has 5 heteroatoms. The Morgan fingerprint density at radius 2 is 2.06 bits per heavy atom. The van der Waals surface area contributed by atoms with Crippen LogP contribution in [0.15, 0.2) is 0 Å². The van der Waals surface area contributed by atoms with Gasteiger partial charge in [-0.1, -0.05) is 0 Å². The summed E-state index contributed by atoms with van der Waals surface area (Å²) < 4.78 is 1.92. The van der Waals surface area contributed by atoms with E-state index in [0.29, 0.717) is 5.82 Å². The monoisotopic (exact) mass is 220 g/mol. The Morgan fingerprint density at radius 1 is 1.31 bits per heavy atom. The van der Waals surface area contributed by atoms with Crippen molar-refractivity contribution in [3.05, 3.63) is 5.82 Å². The highest BCUT2D eigenvalue weighted by molar-refractivity contribution is 5.69. The number of nitrogens with zero attached hydrogens (tertiary/aromatic N) is 4. The normalized spacial score (nSPS) is 20.4. The van der Waals surface area contributed by atoms with Crippen LogP contribution in [0.4, 0.5) is 5.95 Å². The summed E-state index contributed by atoms with van der Waals surface area (Å²) in [6.07, 6.45) is 5.74. The number of aromatic nitrogens is 3. The van der Waals surface area contributed by atoms with E-state index in [-0.39, 0.29) is 0 Å². The average molecular weight is 220 g/mol. The topological polar surface area (TPSA) is 51.0 Å². The van der Waals surface area contributed by atoms with Crippen LogP contribution >= 0.6 is 0 Å². The van der Waals surface area contributed by atoms with Crippen LogP contribution in [0, 0.1) is 5.92 Å². The van der Waals surface area contributed by atoms with E-state index in [9.17, 15) is 4.79 Å². The summed E-state index contributed by atoms with van der Waals surface area (Å²) in [5, 5.41) is 4.25. The van der Waals surface area contributed by atoms with Gasteiger partial charge in [-0.25, -0.2) is 4.68 Å². The number of anilines is 1. The van der Waals surface area contributed by atoms with Crippen LogP contribution in [0.2, 0.25) is 0 Å². The van der Waals surface area contributed by atoms with Crippen molar-refractivity contribution >= 4 is 12.2 Å². The van der Waals surface area contributed by atoms with E-state index >= 15 is 0 Å². The molecule has 3 rings (SSSR count). The predicted molar refractivity (Wildman–Crippen MR) is 59.6 cm³/mol. The summed E-state index contributed by atoms with van der Waals surface area (Å²) in [5.74, 6) is 1.97. The Bertz CT molecular complexity index is 391. The quantitative estimate of drug-likeness (QED) is 0.713. The molecule has 1 aromatic heterocycles. The van der Waals surface area contributed by atoms with Gasteiger partial charge in [0.05, 0.1) is 0 Å². The minimum absolute atomic E-state index is 0.322. The molecule has 5 nitrogen and oxygen atoms in total. The summed E-state index contributed by atoms with van der Waals surface area (Å²) in [6.45, 7) is 3.01. The lowest BCUT2D eigenvalue weighted by Crippen LogP contribution is -2.23. The van der Waals surface area contributed by atoms with Crippen LogP contribution < -0.4 is 4.90 Å². The highest BCUT2D eigenvalue weighted by Crippen LogP contribution is 2.32. The van der Waals surface area contributed by atoms with E-state index < -0.39 is 0 Å². The summed E-state index contributed by atoms with van der Waals surface area (Å²) in [7, 11) is 0. The Labute approximate surface area is 94.5 Å². The molecule has 16 heavy (non-hydrogen) atoms. The molecule has 1 saturated carbocycles. The molecule has 0 unspecified atom stereocenters. The van der Waals surface area contributed by atoms with Crippen LogP contribution in [-0.4, -0.2) is 34.1 Å². The fraction of sp³-hybridized carbons (Fsp3) is 0.727. The molecule has 1 aliphatic heterocycles. The summed E-state index contributed by atoms with van der Waals surface area (Å²) in [4.78, 5) is 17.3. The molecule has 1 aromatic rings. The van der Waals surface area contributed by atoms with Gasteiger partial charge >= 0.3 is 0 Å². The second kappa shape index (κ2) is 3.88. The fourth-order valence-electron chi connectivity index (χ4n) is 2.22. The molecule has 0 aromatic carbocycles. The van der Waals surface area contributed by atoms with Crippen LogP contribution in [0.25, 0.3) is 0 Å².